The number of carbonyl (C=O) groups excluding carboxylic acids is 3. The van der Waals surface area contributed by atoms with Gasteiger partial charge < -0.3 is 43.5 Å². The molecule has 1 saturated carbocycles. The van der Waals surface area contributed by atoms with Crippen molar-refractivity contribution in [3.63, 3.8) is 0 Å². The third-order valence-corrected chi connectivity index (χ3v) is 7.73. The van der Waals surface area contributed by atoms with Crippen molar-refractivity contribution in [1.82, 2.24) is 0 Å². The monoisotopic (exact) mass is 541 g/mol. The highest BCUT2D eigenvalue weighted by atomic mass is 35.5. The summed E-state index contributed by atoms with van der Waals surface area (Å²) < 4.78 is 1.85. The predicted octanol–water partition coefficient (Wildman–Crippen LogP) is -2.17. The number of Topliss-reactive ketones (excluding diaryl/α,β-unsaturated/α-hetero) is 2. The number of phenols is 1. The average Bonchev–Trinajstić information content (AvgIpc) is 2.83. The molecule has 2 aromatic rings. The number of aliphatic hydroxyl groups excluding tert-OH is 2. The van der Waals surface area contributed by atoms with Crippen molar-refractivity contribution in [2.24, 2.45) is 17.6 Å². The summed E-state index contributed by atoms with van der Waals surface area (Å²) >= 11 is 0. The molecule has 5 rings (SSSR count). The summed E-state index contributed by atoms with van der Waals surface area (Å²) in [5.41, 5.74) is 3.68. The van der Waals surface area contributed by atoms with Crippen LogP contribution in [0.25, 0.3) is 5.76 Å². The predicted molar refractivity (Wildman–Crippen MR) is 131 cm³/mol. The summed E-state index contributed by atoms with van der Waals surface area (Å²) in [6.07, 6.45) is 3.67. The van der Waals surface area contributed by atoms with Gasteiger partial charge in [0, 0.05) is 49.8 Å². The molecular formula is C27H28ClN3O7. The van der Waals surface area contributed by atoms with E-state index in [1.54, 1.807) is 0 Å². The second-order valence-corrected chi connectivity index (χ2v) is 10.1. The Bertz CT molecular complexity index is 1430. The zero-order chi connectivity index (χ0) is 26.8. The second-order valence-electron chi connectivity index (χ2n) is 10.1. The Hall–Kier alpha value is -3.89. The summed E-state index contributed by atoms with van der Waals surface area (Å²) in [5, 5.41) is 44.8. The van der Waals surface area contributed by atoms with Crippen LogP contribution in [0.15, 0.2) is 53.6 Å². The average molecular weight is 542 g/mol. The Morgan fingerprint density at radius 1 is 1.13 bits per heavy atom. The van der Waals surface area contributed by atoms with Gasteiger partial charge in [-0.1, -0.05) is 6.07 Å². The fourth-order valence-corrected chi connectivity index (χ4v) is 5.98. The molecule has 0 saturated heterocycles. The third kappa shape index (κ3) is 3.83. The molecule has 3 aliphatic rings. The Balaban J connectivity index is 0.00000336. The maximum absolute atomic E-state index is 13.7. The van der Waals surface area contributed by atoms with Crippen molar-refractivity contribution in [2.45, 2.75) is 31.4 Å². The van der Waals surface area contributed by atoms with Crippen molar-refractivity contribution < 1.29 is 51.8 Å². The summed E-state index contributed by atoms with van der Waals surface area (Å²) in [7, 11) is 3.67. The van der Waals surface area contributed by atoms with Gasteiger partial charge in [0.15, 0.2) is 30.3 Å². The van der Waals surface area contributed by atoms with Gasteiger partial charge in [-0.3, -0.25) is 14.4 Å². The first-order valence-electron chi connectivity index (χ1n) is 11.9. The summed E-state index contributed by atoms with van der Waals surface area (Å²) in [5.74, 6) is -6.33. The van der Waals surface area contributed by atoms with E-state index in [0.29, 0.717) is 17.7 Å². The lowest BCUT2D eigenvalue weighted by molar-refractivity contribution is -0.688. The highest BCUT2D eigenvalue weighted by Gasteiger charge is 2.60. The number of pyridine rings is 1. The first kappa shape index (κ1) is 27.2. The highest BCUT2D eigenvalue weighted by molar-refractivity contribution is 6.22. The zero-order valence-electron chi connectivity index (χ0n) is 20.8. The van der Waals surface area contributed by atoms with Gasteiger partial charge in [-0.25, -0.2) is 4.57 Å². The van der Waals surface area contributed by atoms with E-state index in [1.807, 2.05) is 60.2 Å². The van der Waals surface area contributed by atoms with E-state index in [1.165, 1.54) is 0 Å². The molecule has 38 heavy (non-hydrogen) atoms. The van der Waals surface area contributed by atoms with Gasteiger partial charge in [0.25, 0.3) is 5.91 Å². The van der Waals surface area contributed by atoms with Crippen LogP contribution in [0.4, 0.5) is 5.69 Å². The number of ketones is 2. The van der Waals surface area contributed by atoms with Crippen LogP contribution in [0, 0.1) is 11.8 Å². The molecule has 10 nitrogen and oxygen atoms in total. The molecule has 0 bridgehead atoms. The smallest absolute Gasteiger partial charge is 0.255 e. The third-order valence-electron chi connectivity index (χ3n) is 7.73. The number of hydrogen-bond donors (Lipinski definition) is 5. The number of carbonyl (C=O) groups is 3. The van der Waals surface area contributed by atoms with Crippen LogP contribution in [0.2, 0.25) is 0 Å². The number of halogens is 1. The fourth-order valence-electron chi connectivity index (χ4n) is 5.98. The summed E-state index contributed by atoms with van der Waals surface area (Å²) in [6.45, 7) is 0.292. The molecule has 0 unspecified atom stereocenters. The van der Waals surface area contributed by atoms with Crippen molar-refractivity contribution >= 4 is 28.9 Å². The number of aromatic hydroxyl groups is 1. The molecule has 200 valence electrons. The van der Waals surface area contributed by atoms with Crippen LogP contribution in [0.5, 0.6) is 5.75 Å². The number of primary amides is 1. The van der Waals surface area contributed by atoms with Crippen molar-refractivity contribution in [3.05, 3.63) is 70.3 Å². The number of hydrogen-bond acceptors (Lipinski definition) is 8. The van der Waals surface area contributed by atoms with Gasteiger partial charge in [-0.15, -0.1) is 0 Å². The van der Waals surface area contributed by atoms with Crippen LogP contribution < -0.4 is 27.6 Å². The molecule has 0 aliphatic heterocycles. The largest absolute Gasteiger partial charge is 1.00 e. The van der Waals surface area contributed by atoms with Crippen LogP contribution in [0.1, 0.15) is 29.5 Å². The number of nitrogens with two attached hydrogens (primary N) is 1. The molecule has 1 aromatic heterocycles. The molecule has 3 atom stereocenters. The molecule has 0 radical (unpaired) electrons. The van der Waals surface area contributed by atoms with Gasteiger partial charge in [0.05, 0.1) is 11.1 Å². The normalized spacial score (nSPS) is 24.3. The number of rotatable bonds is 4. The molecule has 3 aliphatic carbocycles. The first-order chi connectivity index (χ1) is 17.5. The number of fused-ring (bicyclic) bond motifs is 3. The van der Waals surface area contributed by atoms with Gasteiger partial charge in [-0.2, -0.15) is 0 Å². The van der Waals surface area contributed by atoms with Gasteiger partial charge >= 0.3 is 0 Å². The lowest BCUT2D eigenvalue weighted by Gasteiger charge is -2.46. The molecular weight excluding hydrogens is 514 g/mol. The zero-order valence-corrected chi connectivity index (χ0v) is 21.6. The summed E-state index contributed by atoms with van der Waals surface area (Å²) in [4.78, 5) is 39.9. The first-order valence-corrected chi connectivity index (χ1v) is 11.9. The van der Waals surface area contributed by atoms with E-state index in [9.17, 15) is 34.8 Å². The van der Waals surface area contributed by atoms with E-state index in [2.05, 4.69) is 0 Å². The van der Waals surface area contributed by atoms with Gasteiger partial charge in [0.1, 0.15) is 22.8 Å². The molecule has 1 fully saturated rings. The van der Waals surface area contributed by atoms with Crippen molar-refractivity contribution in [3.8, 4) is 5.75 Å². The van der Waals surface area contributed by atoms with Crippen molar-refractivity contribution in [2.75, 3.05) is 19.0 Å². The number of aromatic nitrogens is 1. The second kappa shape index (κ2) is 9.45. The summed E-state index contributed by atoms with van der Waals surface area (Å²) in [6, 6.07) is 7.40. The van der Waals surface area contributed by atoms with Gasteiger partial charge in [-0.05, 0) is 30.4 Å². The van der Waals surface area contributed by atoms with Crippen LogP contribution in [-0.4, -0.2) is 57.6 Å². The quantitative estimate of drug-likeness (QED) is 0.215. The molecule has 0 spiro atoms. The minimum atomic E-state index is -2.58. The lowest BCUT2D eigenvalue weighted by atomic mass is 9.59. The number of nitrogens with zero attached hydrogens (tertiary/aromatic N) is 2. The van der Waals surface area contributed by atoms with E-state index in [0.717, 1.165) is 5.69 Å². The minimum Gasteiger partial charge on any atom is -1.00 e. The number of aliphatic hydroxyl groups is 3. The highest BCUT2D eigenvalue weighted by Crippen LogP contribution is 2.53. The molecule has 1 amide bonds. The SMILES string of the molecule is CN(C)c1cc(C[n+]2ccccc2)c(O)c2c1C[C@H]1C[C@H]3CC(=O)C(C(N)=O)=C(O)[C@@]3(O)C(=O)C1=C2O.[Cl-]. The van der Waals surface area contributed by atoms with E-state index < -0.39 is 52.0 Å². The van der Waals surface area contributed by atoms with Crippen LogP contribution >= 0.6 is 0 Å². The molecule has 1 heterocycles. The standard InChI is InChI=1S/C27H27N3O7.ClH/c1-29(2)17-10-14(12-30-6-4-3-5-7-30)22(32)20-16(17)9-13-8-15-11-18(31)21(26(28)36)25(35)27(15,37)24(34)19(13)23(20)33;/h3-7,10,13,15,37H,8-9,11-12H2,1-2H3,(H4-,28,31,32,33,34,35,36);1H/t13-,15+,27+;/m1./s1. The Labute approximate surface area is 224 Å². The Morgan fingerprint density at radius 3 is 2.39 bits per heavy atom. The van der Waals surface area contributed by atoms with Crippen LogP contribution in [-0.2, 0) is 27.3 Å². The Kier molecular flexibility index (Phi) is 6.75. The van der Waals surface area contributed by atoms with Crippen LogP contribution in [0.3, 0.4) is 0 Å². The lowest BCUT2D eigenvalue weighted by Crippen LogP contribution is -3.00. The minimum absolute atomic E-state index is 0. The van der Waals surface area contributed by atoms with E-state index in [4.69, 9.17) is 5.73 Å². The number of benzene rings is 1. The van der Waals surface area contributed by atoms with Crippen molar-refractivity contribution in [1.29, 1.82) is 0 Å². The van der Waals surface area contributed by atoms with Gasteiger partial charge in [0.2, 0.25) is 5.78 Å². The molecule has 1 aromatic carbocycles. The molecule has 11 heteroatoms. The fraction of sp³-hybridized carbons (Fsp3) is 0.333. The number of anilines is 1. The Morgan fingerprint density at radius 2 is 1.79 bits per heavy atom. The maximum atomic E-state index is 13.7. The number of amides is 1. The van der Waals surface area contributed by atoms with E-state index in [-0.39, 0.29) is 48.6 Å². The maximum Gasteiger partial charge on any atom is 0.255 e. The van der Waals surface area contributed by atoms with E-state index >= 15 is 0 Å². The topological polar surface area (TPSA) is 165 Å². The molecule has 6 N–H and O–H groups in total. The number of phenolic OH excluding ortho intramolecular Hbond substituents is 1.